The molecule has 0 amide bonds. The van der Waals surface area contributed by atoms with Crippen molar-refractivity contribution in [3.63, 3.8) is 0 Å². The van der Waals surface area contributed by atoms with Crippen LogP contribution in [0.25, 0.3) is 0 Å². The van der Waals surface area contributed by atoms with Gasteiger partial charge in [0.25, 0.3) is 0 Å². The fourth-order valence-corrected chi connectivity index (χ4v) is 0.735. The largest absolute Gasteiger partial charge is 0.750 e. The number of ether oxygens (including phenoxy) is 1. The van der Waals surface area contributed by atoms with Crippen molar-refractivity contribution < 1.29 is 22.5 Å². The number of hydrogen-bond donors (Lipinski definition) is 0. The summed E-state index contributed by atoms with van der Waals surface area (Å²) in [6.07, 6.45) is 0.387. The first-order chi connectivity index (χ1) is 5.56. The van der Waals surface area contributed by atoms with E-state index < -0.39 is 23.4 Å². The molecule has 0 fully saturated rings. The maximum atomic E-state index is 10.5. The molecule has 5 nitrogen and oxygen atoms in total. The van der Waals surface area contributed by atoms with Gasteiger partial charge in [-0.25, -0.2) is 9.00 Å². The molecule has 70 valence electrons. The molecule has 0 bridgehead atoms. The van der Waals surface area contributed by atoms with Crippen LogP contribution in [0.3, 0.4) is 0 Å². The molecule has 0 aliphatic heterocycles. The van der Waals surface area contributed by atoms with Crippen molar-refractivity contribution in [2.45, 2.75) is 13.0 Å². The molecule has 0 heterocycles. The molecular weight excluding hydrogens is 184 g/mol. The zero-order valence-electron chi connectivity index (χ0n) is 6.52. The third-order valence-electron chi connectivity index (χ3n) is 0.883. The molecule has 0 aromatic carbocycles. The van der Waals surface area contributed by atoms with Gasteiger partial charge in [0.15, 0.2) is 0 Å². The monoisotopic (exact) mass is 193 g/mol. The van der Waals surface area contributed by atoms with E-state index >= 15 is 0 Å². The van der Waals surface area contributed by atoms with E-state index in [0.29, 0.717) is 0 Å². The summed E-state index contributed by atoms with van der Waals surface area (Å²) in [5.41, 5.74) is 0. The Morgan fingerprint density at radius 3 is 2.83 bits per heavy atom. The first kappa shape index (κ1) is 11.3. The van der Waals surface area contributed by atoms with Crippen LogP contribution < -0.4 is 0 Å². The van der Waals surface area contributed by atoms with Gasteiger partial charge in [-0.05, 0) is 6.92 Å². The van der Waals surface area contributed by atoms with Gasteiger partial charge < -0.3 is 9.29 Å². The van der Waals surface area contributed by atoms with E-state index in [2.05, 4.69) is 15.5 Å². The minimum Gasteiger partial charge on any atom is -0.750 e. The lowest BCUT2D eigenvalue weighted by Gasteiger charge is -2.12. The number of esters is 1. The molecule has 0 rings (SSSR count). The highest BCUT2D eigenvalue weighted by Crippen LogP contribution is 1.94. The van der Waals surface area contributed by atoms with Crippen molar-refractivity contribution in [3.05, 3.63) is 12.7 Å². The lowest BCUT2D eigenvalue weighted by Crippen LogP contribution is -2.19. The van der Waals surface area contributed by atoms with E-state index in [0.717, 1.165) is 6.08 Å². The van der Waals surface area contributed by atoms with E-state index in [4.69, 9.17) is 0 Å². The van der Waals surface area contributed by atoms with Crippen molar-refractivity contribution in [2.75, 3.05) is 6.61 Å². The van der Waals surface area contributed by atoms with Crippen LogP contribution >= 0.6 is 0 Å². The molecule has 2 atom stereocenters. The molecule has 0 aliphatic rings. The predicted octanol–water partition coefficient (Wildman–Crippen LogP) is -0.0852. The molecule has 0 aromatic rings. The smallest absolute Gasteiger partial charge is 0.330 e. The Morgan fingerprint density at radius 1 is 1.83 bits per heavy atom. The molecule has 2 unspecified atom stereocenters. The van der Waals surface area contributed by atoms with Gasteiger partial charge in [0, 0.05) is 6.08 Å². The van der Waals surface area contributed by atoms with Crippen LogP contribution in [0.4, 0.5) is 0 Å². The fourth-order valence-electron chi connectivity index (χ4n) is 0.432. The van der Waals surface area contributed by atoms with E-state index in [-0.39, 0.29) is 6.61 Å². The molecule has 12 heavy (non-hydrogen) atoms. The second-order valence-electron chi connectivity index (χ2n) is 1.94. The molecule has 0 N–H and O–H groups in total. The summed E-state index contributed by atoms with van der Waals surface area (Å²) in [4.78, 5) is 10.5. The van der Waals surface area contributed by atoms with Crippen LogP contribution in [-0.2, 0) is 25.1 Å². The summed E-state index contributed by atoms with van der Waals surface area (Å²) >= 11 is -2.57. The van der Waals surface area contributed by atoms with Gasteiger partial charge in [0.05, 0.1) is 18.0 Å². The molecule has 0 saturated heterocycles. The quantitative estimate of drug-likeness (QED) is 0.346. The van der Waals surface area contributed by atoms with Gasteiger partial charge in [-0.1, -0.05) is 6.58 Å². The van der Waals surface area contributed by atoms with Gasteiger partial charge >= 0.3 is 5.97 Å². The normalized spacial score (nSPS) is 14.8. The summed E-state index contributed by atoms with van der Waals surface area (Å²) in [6.45, 7) is 4.50. The number of hydrogen-bond acceptors (Lipinski definition) is 5. The molecule has 0 spiro atoms. The van der Waals surface area contributed by atoms with Gasteiger partial charge in [0.1, 0.15) is 6.10 Å². The van der Waals surface area contributed by atoms with Crippen LogP contribution in [0.2, 0.25) is 0 Å². The van der Waals surface area contributed by atoms with Crippen LogP contribution in [0.5, 0.6) is 0 Å². The highest BCUT2D eigenvalue weighted by Gasteiger charge is 2.05. The Hall–Kier alpha value is -0.720. The van der Waals surface area contributed by atoms with Gasteiger partial charge in [-0.2, -0.15) is 0 Å². The Labute approximate surface area is 72.8 Å². The Balaban J connectivity index is 3.59. The maximum absolute atomic E-state index is 10.5. The van der Waals surface area contributed by atoms with E-state index in [1.807, 2.05) is 0 Å². The third kappa shape index (κ3) is 6.02. The highest BCUT2D eigenvalue weighted by molar-refractivity contribution is 7.74. The Morgan fingerprint density at radius 2 is 2.42 bits per heavy atom. The van der Waals surface area contributed by atoms with Gasteiger partial charge in [-0.15, -0.1) is 0 Å². The van der Waals surface area contributed by atoms with E-state index in [1.54, 1.807) is 0 Å². The van der Waals surface area contributed by atoms with E-state index in [9.17, 15) is 13.6 Å². The SMILES string of the molecule is C=CC(=O)OC(C)COS(=O)[O-]. The van der Waals surface area contributed by atoms with Crippen LogP contribution in [0, 0.1) is 0 Å². The first-order valence-corrected chi connectivity index (χ1v) is 4.12. The number of carbonyl (C=O) groups excluding carboxylic acids is 1. The van der Waals surface area contributed by atoms with E-state index in [1.165, 1.54) is 6.92 Å². The first-order valence-electron chi connectivity index (χ1n) is 3.12. The topological polar surface area (TPSA) is 75.7 Å². The lowest BCUT2D eigenvalue weighted by molar-refractivity contribution is -0.143. The maximum Gasteiger partial charge on any atom is 0.330 e. The lowest BCUT2D eigenvalue weighted by atomic mass is 10.4. The van der Waals surface area contributed by atoms with Crippen molar-refractivity contribution in [1.29, 1.82) is 0 Å². The fraction of sp³-hybridized carbons (Fsp3) is 0.500. The summed E-state index contributed by atoms with van der Waals surface area (Å²) in [5.74, 6) is -0.609. The average Bonchev–Trinajstić information content (AvgIpc) is 2.00. The average molecular weight is 193 g/mol. The molecule has 0 aromatic heterocycles. The minimum atomic E-state index is -2.57. The number of rotatable bonds is 5. The minimum absolute atomic E-state index is 0.185. The van der Waals surface area contributed by atoms with Gasteiger partial charge in [-0.3, -0.25) is 4.18 Å². The zero-order chi connectivity index (χ0) is 9.56. The van der Waals surface area contributed by atoms with Crippen molar-refractivity contribution in [2.24, 2.45) is 0 Å². The van der Waals surface area contributed by atoms with Crippen molar-refractivity contribution in [1.82, 2.24) is 0 Å². The third-order valence-corrected chi connectivity index (χ3v) is 1.21. The van der Waals surface area contributed by atoms with Crippen LogP contribution in [0.1, 0.15) is 6.92 Å². The zero-order valence-corrected chi connectivity index (χ0v) is 7.33. The van der Waals surface area contributed by atoms with Gasteiger partial charge in [0.2, 0.25) is 0 Å². The molecule has 0 aliphatic carbocycles. The molecule has 6 heteroatoms. The summed E-state index contributed by atoms with van der Waals surface area (Å²) in [5, 5.41) is 0. The van der Waals surface area contributed by atoms with Crippen LogP contribution in [-0.4, -0.2) is 27.4 Å². The molecule has 0 saturated carbocycles. The number of carbonyl (C=O) groups is 1. The summed E-state index contributed by atoms with van der Waals surface area (Å²) < 4.78 is 28.5. The molecular formula is C6H9O5S-. The standard InChI is InChI=1S/C6H10O5S/c1-3-6(7)11-5(2)4-10-12(8)9/h3,5H,1,4H2,2H3,(H,8,9)/p-1. The summed E-state index contributed by atoms with van der Waals surface area (Å²) in [6, 6.07) is 0. The Kier molecular flexibility index (Phi) is 5.52. The van der Waals surface area contributed by atoms with Crippen LogP contribution in [0.15, 0.2) is 12.7 Å². The highest BCUT2D eigenvalue weighted by atomic mass is 32.2. The second-order valence-corrected chi connectivity index (χ2v) is 2.58. The van der Waals surface area contributed by atoms with Crippen molar-refractivity contribution in [3.8, 4) is 0 Å². The summed E-state index contributed by atoms with van der Waals surface area (Å²) in [7, 11) is 0. The molecule has 0 radical (unpaired) electrons. The second kappa shape index (κ2) is 5.87. The van der Waals surface area contributed by atoms with Crippen molar-refractivity contribution >= 4 is 17.3 Å². The Bertz CT molecular complexity index is 190. The predicted molar refractivity (Wildman–Crippen MR) is 40.6 cm³/mol.